The SMILES string of the molecule is CC[C@H]1OC(=O)[C@H](C)[C@@H](O)[C@H](C)[C@H]2O[C@@]3(O[C@@]1(C)[C@H](O)[C@H]3C)[C@H](C)C[C@@]2(C)OC. The van der Waals surface area contributed by atoms with E-state index in [4.69, 9.17) is 18.9 Å². The summed E-state index contributed by atoms with van der Waals surface area (Å²) in [6, 6.07) is 0. The Labute approximate surface area is 174 Å². The molecule has 3 aliphatic heterocycles. The third-order valence-electron chi connectivity index (χ3n) is 8.02. The van der Waals surface area contributed by atoms with Gasteiger partial charge in [-0.05, 0) is 33.6 Å². The molecule has 0 radical (unpaired) electrons. The predicted octanol–water partition coefficient (Wildman–Crippen LogP) is 2.27. The molecule has 3 aliphatic rings. The fourth-order valence-corrected chi connectivity index (χ4v) is 5.95. The van der Waals surface area contributed by atoms with Gasteiger partial charge < -0.3 is 29.2 Å². The van der Waals surface area contributed by atoms with Crippen LogP contribution >= 0.6 is 0 Å². The lowest BCUT2D eigenvalue weighted by molar-refractivity contribution is -0.370. The second-order valence-electron chi connectivity index (χ2n) is 9.87. The summed E-state index contributed by atoms with van der Waals surface area (Å²) >= 11 is 0. The van der Waals surface area contributed by atoms with Gasteiger partial charge in [-0.1, -0.05) is 27.7 Å². The zero-order valence-corrected chi connectivity index (χ0v) is 19.0. The standard InChI is InChI=1S/C22H38O7/c1-9-15-21(7)17(24)14(5)22(29-21)11(2)10-20(6,26-8)18(28-22)12(3)16(23)13(4)19(25)27-15/h11-18,23-24H,9-10H2,1-8H3/t11-,12+,13-,14-,15-,16+,17-,18-,20-,21-,22-/m1/s1. The van der Waals surface area contributed by atoms with Crippen LogP contribution < -0.4 is 0 Å². The largest absolute Gasteiger partial charge is 0.459 e. The van der Waals surface area contributed by atoms with E-state index in [0.717, 1.165) is 0 Å². The molecule has 3 heterocycles. The summed E-state index contributed by atoms with van der Waals surface area (Å²) in [6.07, 6.45) is -1.89. The van der Waals surface area contributed by atoms with Crippen LogP contribution in [0.1, 0.15) is 61.3 Å². The highest BCUT2D eigenvalue weighted by Gasteiger charge is 2.69. The second-order valence-corrected chi connectivity index (χ2v) is 9.87. The lowest BCUT2D eigenvalue weighted by Gasteiger charge is -2.55. The smallest absolute Gasteiger partial charge is 0.311 e. The highest BCUT2D eigenvalue weighted by Crippen LogP contribution is 2.56. The topological polar surface area (TPSA) is 94.5 Å². The predicted molar refractivity (Wildman–Crippen MR) is 106 cm³/mol. The van der Waals surface area contributed by atoms with Gasteiger partial charge in [0, 0.05) is 24.9 Å². The summed E-state index contributed by atoms with van der Waals surface area (Å²) in [4.78, 5) is 12.9. The minimum atomic E-state index is -1.11. The summed E-state index contributed by atoms with van der Waals surface area (Å²) in [5, 5.41) is 22.3. The molecule has 2 N–H and O–H groups in total. The first kappa shape index (κ1) is 22.9. The van der Waals surface area contributed by atoms with Crippen LogP contribution in [0.5, 0.6) is 0 Å². The maximum atomic E-state index is 12.9. The van der Waals surface area contributed by atoms with Crippen molar-refractivity contribution < 1.29 is 34.0 Å². The molecule has 0 aliphatic carbocycles. The Balaban J connectivity index is 2.17. The monoisotopic (exact) mass is 414 g/mol. The molecule has 3 saturated heterocycles. The Morgan fingerprint density at radius 3 is 2.34 bits per heavy atom. The van der Waals surface area contributed by atoms with Gasteiger partial charge in [-0.3, -0.25) is 4.79 Å². The van der Waals surface area contributed by atoms with Gasteiger partial charge in [0.05, 0.1) is 29.8 Å². The fourth-order valence-electron chi connectivity index (χ4n) is 5.95. The van der Waals surface area contributed by atoms with E-state index in [9.17, 15) is 15.0 Å². The molecule has 3 fully saturated rings. The van der Waals surface area contributed by atoms with Crippen LogP contribution in [0.2, 0.25) is 0 Å². The first-order valence-corrected chi connectivity index (χ1v) is 10.9. The Hall–Kier alpha value is -0.730. The number of hydrogen-bond donors (Lipinski definition) is 2. The van der Waals surface area contributed by atoms with Gasteiger partial charge in [0.1, 0.15) is 11.7 Å². The number of aliphatic hydroxyl groups is 2. The number of cyclic esters (lactones) is 1. The minimum absolute atomic E-state index is 0.0779. The number of esters is 1. The molecule has 0 aromatic rings. The van der Waals surface area contributed by atoms with Crippen molar-refractivity contribution in [1.29, 1.82) is 0 Å². The summed E-state index contributed by atoms with van der Waals surface area (Å²) in [7, 11) is 1.64. The fraction of sp³-hybridized carbons (Fsp3) is 0.955. The van der Waals surface area contributed by atoms with E-state index in [1.165, 1.54) is 0 Å². The molecule has 3 rings (SSSR count). The Morgan fingerprint density at radius 2 is 1.79 bits per heavy atom. The maximum absolute atomic E-state index is 12.9. The number of ether oxygens (including phenoxy) is 4. The van der Waals surface area contributed by atoms with Crippen LogP contribution in [0.25, 0.3) is 0 Å². The van der Waals surface area contributed by atoms with Gasteiger partial charge >= 0.3 is 5.97 Å². The van der Waals surface area contributed by atoms with Crippen LogP contribution in [0.15, 0.2) is 0 Å². The highest BCUT2D eigenvalue weighted by molar-refractivity contribution is 5.73. The quantitative estimate of drug-likeness (QED) is 0.669. The van der Waals surface area contributed by atoms with Gasteiger partial charge in [-0.15, -0.1) is 0 Å². The number of aliphatic hydroxyl groups excluding tert-OH is 2. The number of methoxy groups -OCH3 is 1. The molecule has 0 unspecified atom stereocenters. The number of carbonyl (C=O) groups is 1. The molecule has 0 aromatic heterocycles. The molecular weight excluding hydrogens is 376 g/mol. The number of carbonyl (C=O) groups excluding carboxylic acids is 1. The zero-order valence-electron chi connectivity index (χ0n) is 19.0. The van der Waals surface area contributed by atoms with Crippen LogP contribution in [0.4, 0.5) is 0 Å². The van der Waals surface area contributed by atoms with Crippen molar-refractivity contribution in [1.82, 2.24) is 0 Å². The molecule has 0 aromatic carbocycles. The van der Waals surface area contributed by atoms with Crippen molar-refractivity contribution in [3.05, 3.63) is 0 Å². The third-order valence-corrected chi connectivity index (χ3v) is 8.02. The number of hydrogen-bond acceptors (Lipinski definition) is 7. The number of fused-ring (bicyclic) bond motifs is 2. The maximum Gasteiger partial charge on any atom is 0.311 e. The Kier molecular flexibility index (Phi) is 5.89. The molecule has 29 heavy (non-hydrogen) atoms. The van der Waals surface area contributed by atoms with Gasteiger partial charge in [0.25, 0.3) is 0 Å². The van der Waals surface area contributed by atoms with E-state index < -0.39 is 59.2 Å². The highest BCUT2D eigenvalue weighted by atomic mass is 16.7. The van der Waals surface area contributed by atoms with E-state index in [-0.39, 0.29) is 11.8 Å². The van der Waals surface area contributed by atoms with Gasteiger partial charge in [-0.25, -0.2) is 0 Å². The average molecular weight is 415 g/mol. The van der Waals surface area contributed by atoms with Crippen LogP contribution in [0.3, 0.4) is 0 Å². The third kappa shape index (κ3) is 3.16. The lowest BCUT2D eigenvalue weighted by Crippen LogP contribution is -2.64. The van der Waals surface area contributed by atoms with Gasteiger partial charge in [0.2, 0.25) is 0 Å². The Morgan fingerprint density at radius 1 is 1.17 bits per heavy atom. The van der Waals surface area contributed by atoms with Crippen molar-refractivity contribution in [3.63, 3.8) is 0 Å². The second kappa shape index (κ2) is 7.45. The molecule has 7 heteroatoms. The van der Waals surface area contributed by atoms with Crippen molar-refractivity contribution in [2.75, 3.05) is 7.11 Å². The first-order valence-electron chi connectivity index (χ1n) is 10.9. The summed E-state index contributed by atoms with van der Waals surface area (Å²) in [6.45, 7) is 13.2. The summed E-state index contributed by atoms with van der Waals surface area (Å²) < 4.78 is 25.0. The van der Waals surface area contributed by atoms with Crippen molar-refractivity contribution in [2.45, 2.75) is 103 Å². The molecule has 3 bridgehead atoms. The van der Waals surface area contributed by atoms with Crippen molar-refractivity contribution in [3.8, 4) is 0 Å². The minimum Gasteiger partial charge on any atom is -0.459 e. The molecule has 11 atom stereocenters. The Bertz CT molecular complexity index is 641. The van der Waals surface area contributed by atoms with Crippen LogP contribution in [-0.4, -0.2) is 64.7 Å². The van der Waals surface area contributed by atoms with Gasteiger partial charge in [0.15, 0.2) is 5.79 Å². The van der Waals surface area contributed by atoms with Crippen molar-refractivity contribution >= 4 is 5.97 Å². The van der Waals surface area contributed by atoms with E-state index in [2.05, 4.69) is 0 Å². The first-order chi connectivity index (χ1) is 13.4. The number of rotatable bonds is 2. The normalized spacial score (nSPS) is 55.9. The summed E-state index contributed by atoms with van der Waals surface area (Å²) in [5.74, 6) is -3.13. The van der Waals surface area contributed by atoms with E-state index in [1.807, 2.05) is 34.6 Å². The van der Waals surface area contributed by atoms with Gasteiger partial charge in [-0.2, -0.15) is 0 Å². The van der Waals surface area contributed by atoms with Crippen LogP contribution in [0, 0.1) is 23.7 Å². The van der Waals surface area contributed by atoms with E-state index in [0.29, 0.717) is 12.8 Å². The lowest BCUT2D eigenvalue weighted by atomic mass is 9.71. The molecular formula is C22H38O7. The molecule has 168 valence electrons. The summed E-state index contributed by atoms with van der Waals surface area (Å²) in [5.41, 5.74) is -1.78. The van der Waals surface area contributed by atoms with E-state index in [1.54, 1.807) is 21.0 Å². The average Bonchev–Trinajstić information content (AvgIpc) is 2.88. The molecule has 0 amide bonds. The van der Waals surface area contributed by atoms with E-state index >= 15 is 0 Å². The molecule has 7 nitrogen and oxygen atoms in total. The zero-order chi connectivity index (χ0) is 21.9. The molecule has 0 saturated carbocycles. The molecule has 1 spiro atoms. The van der Waals surface area contributed by atoms with Crippen LogP contribution in [-0.2, 0) is 23.7 Å². The van der Waals surface area contributed by atoms with Crippen molar-refractivity contribution in [2.24, 2.45) is 23.7 Å².